The van der Waals surface area contributed by atoms with E-state index in [1.165, 1.54) is 6.42 Å². The lowest BCUT2D eigenvalue weighted by molar-refractivity contribution is -0.145. The summed E-state index contributed by atoms with van der Waals surface area (Å²) in [5.74, 6) is 0.0341. The minimum atomic E-state index is -0.711. The summed E-state index contributed by atoms with van der Waals surface area (Å²) >= 11 is 0. The molecule has 0 amide bonds. The number of rotatable bonds is 12. The highest BCUT2D eigenvalue weighted by atomic mass is 16.4. The third kappa shape index (κ3) is 5.95. The maximum Gasteiger partial charge on any atom is 0.323 e. The highest BCUT2D eigenvalue weighted by molar-refractivity contribution is 5.78. The van der Waals surface area contributed by atoms with Crippen LogP contribution in [0.15, 0.2) is 0 Å². The Labute approximate surface area is 130 Å². The Balaban J connectivity index is 2.46. The molecule has 21 heavy (non-hydrogen) atoms. The molecular formula is C17H34N2O2. The normalized spacial score (nSPS) is 19.5. The molecule has 4 heteroatoms. The molecule has 1 aliphatic rings. The first-order valence-corrected chi connectivity index (χ1v) is 8.70. The molecule has 0 aliphatic heterocycles. The van der Waals surface area contributed by atoms with Crippen LogP contribution < -0.4 is 5.32 Å². The van der Waals surface area contributed by atoms with Crippen LogP contribution in [0.1, 0.15) is 66.2 Å². The van der Waals surface area contributed by atoms with E-state index in [4.69, 9.17) is 0 Å². The second kappa shape index (κ2) is 8.74. The van der Waals surface area contributed by atoms with Crippen LogP contribution in [0, 0.1) is 5.92 Å². The molecule has 0 heterocycles. The monoisotopic (exact) mass is 298 g/mol. The highest BCUT2D eigenvalue weighted by Gasteiger charge is 2.40. The topological polar surface area (TPSA) is 52.6 Å². The molecule has 1 fully saturated rings. The van der Waals surface area contributed by atoms with Crippen molar-refractivity contribution in [2.75, 3.05) is 19.6 Å². The van der Waals surface area contributed by atoms with Crippen molar-refractivity contribution in [1.29, 1.82) is 0 Å². The van der Waals surface area contributed by atoms with Crippen molar-refractivity contribution in [3.05, 3.63) is 0 Å². The number of nitrogens with one attached hydrogen (secondary N) is 1. The summed E-state index contributed by atoms with van der Waals surface area (Å²) < 4.78 is 0. The van der Waals surface area contributed by atoms with Gasteiger partial charge >= 0.3 is 5.97 Å². The van der Waals surface area contributed by atoms with Gasteiger partial charge in [0.1, 0.15) is 5.54 Å². The largest absolute Gasteiger partial charge is 0.480 e. The van der Waals surface area contributed by atoms with Crippen LogP contribution in [0.5, 0.6) is 0 Å². The molecule has 2 unspecified atom stereocenters. The van der Waals surface area contributed by atoms with Crippen LogP contribution >= 0.6 is 0 Å². The lowest BCUT2D eigenvalue weighted by Crippen LogP contribution is -2.53. The molecule has 0 aromatic heterocycles. The Morgan fingerprint density at radius 2 is 2.05 bits per heavy atom. The average Bonchev–Trinajstić information content (AvgIpc) is 3.28. The van der Waals surface area contributed by atoms with Gasteiger partial charge in [-0.2, -0.15) is 0 Å². The Bertz CT molecular complexity index is 318. The van der Waals surface area contributed by atoms with Crippen molar-refractivity contribution in [1.82, 2.24) is 10.2 Å². The fraction of sp³-hybridized carbons (Fsp3) is 0.941. The van der Waals surface area contributed by atoms with Crippen LogP contribution in [-0.4, -0.2) is 47.2 Å². The fourth-order valence-corrected chi connectivity index (χ4v) is 2.84. The van der Waals surface area contributed by atoms with Gasteiger partial charge in [-0.3, -0.25) is 10.1 Å². The van der Waals surface area contributed by atoms with E-state index in [1.807, 2.05) is 6.92 Å². The second-order valence-electron chi connectivity index (χ2n) is 6.67. The quantitative estimate of drug-likeness (QED) is 0.581. The van der Waals surface area contributed by atoms with E-state index in [2.05, 4.69) is 31.0 Å². The number of hydrogen-bond acceptors (Lipinski definition) is 3. The molecule has 1 rings (SSSR count). The molecule has 0 bridgehead atoms. The van der Waals surface area contributed by atoms with E-state index in [0.29, 0.717) is 18.4 Å². The van der Waals surface area contributed by atoms with E-state index in [-0.39, 0.29) is 0 Å². The molecule has 4 nitrogen and oxygen atoms in total. The highest BCUT2D eigenvalue weighted by Crippen LogP contribution is 2.27. The van der Waals surface area contributed by atoms with Crippen molar-refractivity contribution in [3.8, 4) is 0 Å². The Kier molecular flexibility index (Phi) is 7.67. The summed E-state index contributed by atoms with van der Waals surface area (Å²) in [5.41, 5.74) is -0.711. The van der Waals surface area contributed by atoms with Crippen molar-refractivity contribution >= 4 is 5.97 Å². The second-order valence-corrected chi connectivity index (χ2v) is 6.67. The van der Waals surface area contributed by atoms with Crippen LogP contribution in [0.2, 0.25) is 0 Å². The average molecular weight is 298 g/mol. The maximum absolute atomic E-state index is 11.7. The van der Waals surface area contributed by atoms with Crippen LogP contribution in [0.25, 0.3) is 0 Å². The molecule has 2 atom stereocenters. The molecule has 1 aliphatic carbocycles. The van der Waals surface area contributed by atoms with E-state index < -0.39 is 11.5 Å². The predicted octanol–water partition coefficient (Wildman–Crippen LogP) is 3.12. The molecule has 0 aromatic carbocycles. The summed E-state index contributed by atoms with van der Waals surface area (Å²) in [4.78, 5) is 14.2. The molecule has 1 saturated carbocycles. The van der Waals surface area contributed by atoms with E-state index in [0.717, 1.165) is 45.3 Å². The number of nitrogens with zero attached hydrogens (tertiary/aromatic N) is 1. The van der Waals surface area contributed by atoms with Gasteiger partial charge in [-0.15, -0.1) is 0 Å². The Hall–Kier alpha value is -0.610. The van der Waals surface area contributed by atoms with Crippen LogP contribution in [0.3, 0.4) is 0 Å². The van der Waals surface area contributed by atoms with E-state index >= 15 is 0 Å². The van der Waals surface area contributed by atoms with Crippen molar-refractivity contribution in [3.63, 3.8) is 0 Å². The standard InChI is InChI=1S/C17H34N2O2/c1-5-14(4)13-19(7-3)12-8-11-17(6-2,16(20)21)18-15-9-10-15/h14-15,18H,5-13H2,1-4H3,(H,20,21). The maximum atomic E-state index is 11.7. The SMILES string of the molecule is CCC(C)CN(CC)CCCC(CC)(NC1CC1)C(=O)O. The number of carboxylic acid groups (broad SMARTS) is 1. The zero-order chi connectivity index (χ0) is 15.9. The molecule has 0 radical (unpaired) electrons. The lowest BCUT2D eigenvalue weighted by atomic mass is 9.90. The first-order valence-electron chi connectivity index (χ1n) is 8.70. The molecule has 0 aromatic rings. The van der Waals surface area contributed by atoms with Gasteiger partial charge in [0, 0.05) is 12.6 Å². The molecule has 124 valence electrons. The van der Waals surface area contributed by atoms with Gasteiger partial charge in [0.2, 0.25) is 0 Å². The minimum Gasteiger partial charge on any atom is -0.480 e. The zero-order valence-corrected chi connectivity index (χ0v) is 14.3. The summed E-state index contributed by atoms with van der Waals surface area (Å²) in [7, 11) is 0. The van der Waals surface area contributed by atoms with E-state index in [1.54, 1.807) is 0 Å². The summed E-state index contributed by atoms with van der Waals surface area (Å²) in [6.45, 7) is 11.9. The first kappa shape index (κ1) is 18.4. The lowest BCUT2D eigenvalue weighted by Gasteiger charge is -2.31. The van der Waals surface area contributed by atoms with Crippen LogP contribution in [0.4, 0.5) is 0 Å². The minimum absolute atomic E-state index is 0.434. The van der Waals surface area contributed by atoms with Gasteiger partial charge in [0.25, 0.3) is 0 Å². The van der Waals surface area contributed by atoms with Gasteiger partial charge in [-0.1, -0.05) is 34.1 Å². The number of aliphatic carboxylic acids is 1. The summed E-state index contributed by atoms with van der Waals surface area (Å²) in [6, 6.07) is 0.434. The Morgan fingerprint density at radius 3 is 2.48 bits per heavy atom. The number of hydrogen-bond donors (Lipinski definition) is 2. The molecule has 0 saturated heterocycles. The number of carboxylic acids is 1. The van der Waals surface area contributed by atoms with E-state index in [9.17, 15) is 9.90 Å². The number of carbonyl (C=O) groups is 1. The van der Waals surface area contributed by atoms with Crippen LogP contribution in [-0.2, 0) is 4.79 Å². The summed E-state index contributed by atoms with van der Waals surface area (Å²) in [5, 5.41) is 13.0. The van der Waals surface area contributed by atoms with Gasteiger partial charge in [-0.25, -0.2) is 0 Å². The fourth-order valence-electron chi connectivity index (χ4n) is 2.84. The van der Waals surface area contributed by atoms with Gasteiger partial charge in [0.15, 0.2) is 0 Å². The molecule has 2 N–H and O–H groups in total. The van der Waals surface area contributed by atoms with Gasteiger partial charge in [-0.05, 0) is 51.1 Å². The van der Waals surface area contributed by atoms with Crippen molar-refractivity contribution in [2.45, 2.75) is 77.8 Å². The smallest absolute Gasteiger partial charge is 0.323 e. The zero-order valence-electron chi connectivity index (χ0n) is 14.3. The molecule has 0 spiro atoms. The molecular weight excluding hydrogens is 264 g/mol. The predicted molar refractivity (Wildman–Crippen MR) is 87.6 cm³/mol. The van der Waals surface area contributed by atoms with Crippen molar-refractivity contribution in [2.24, 2.45) is 5.92 Å². The first-order chi connectivity index (χ1) is 9.97. The van der Waals surface area contributed by atoms with Gasteiger partial charge < -0.3 is 10.0 Å². The third-order valence-electron chi connectivity index (χ3n) is 4.86. The summed E-state index contributed by atoms with van der Waals surface area (Å²) in [6.07, 6.45) is 5.80. The third-order valence-corrected chi connectivity index (χ3v) is 4.86. The Morgan fingerprint density at radius 1 is 1.38 bits per heavy atom. The van der Waals surface area contributed by atoms with Gasteiger partial charge in [0.05, 0.1) is 0 Å². The van der Waals surface area contributed by atoms with Crippen molar-refractivity contribution < 1.29 is 9.90 Å².